The van der Waals surface area contributed by atoms with Crippen LogP contribution in [0.4, 0.5) is 0 Å². The van der Waals surface area contributed by atoms with Gasteiger partial charge in [0.1, 0.15) is 23.9 Å². The van der Waals surface area contributed by atoms with Gasteiger partial charge in [0.25, 0.3) is 0 Å². The second-order valence-electron chi connectivity index (χ2n) is 5.37. The van der Waals surface area contributed by atoms with E-state index >= 15 is 0 Å². The zero-order valence-corrected chi connectivity index (χ0v) is 15.5. The molecule has 0 unspecified atom stereocenters. The molecule has 0 saturated heterocycles. The minimum Gasteiger partial charge on any atom is -0.491 e. The fourth-order valence-electron chi connectivity index (χ4n) is 2.08. The lowest BCUT2D eigenvalue weighted by Gasteiger charge is -2.11. The van der Waals surface area contributed by atoms with Crippen LogP contribution in [0.15, 0.2) is 47.4 Å². The number of hydrogen-bond acceptors (Lipinski definition) is 7. The molecule has 0 spiro atoms. The van der Waals surface area contributed by atoms with Crippen LogP contribution in [0.1, 0.15) is 10.4 Å². The Balaban J connectivity index is 2.26. The van der Waals surface area contributed by atoms with E-state index in [-0.39, 0.29) is 10.5 Å². The lowest BCUT2D eigenvalue weighted by molar-refractivity contribution is 0.0599. The summed E-state index contributed by atoms with van der Waals surface area (Å²) in [5, 5.41) is 0. The first-order valence-corrected chi connectivity index (χ1v) is 9.56. The van der Waals surface area contributed by atoms with Crippen LogP contribution < -0.4 is 9.47 Å². The summed E-state index contributed by atoms with van der Waals surface area (Å²) in [5.74, 6) is 0.668. The summed E-state index contributed by atoms with van der Waals surface area (Å²) < 4.78 is 43.9. The maximum Gasteiger partial charge on any atom is 0.338 e. The monoisotopic (exact) mass is 380 g/mol. The molecule has 140 valence electrons. The average molecular weight is 380 g/mol. The standard InChI is InChI=1S/C18H20O7S/c1-22-8-9-24-15-10-13(18(19)23-2)11-16(12-15)25-14-4-6-17(7-5-14)26(3,20)21/h4-7,10-12H,8-9H2,1-3H3. The van der Waals surface area contributed by atoms with Gasteiger partial charge < -0.3 is 18.9 Å². The van der Waals surface area contributed by atoms with E-state index in [1.54, 1.807) is 19.2 Å². The van der Waals surface area contributed by atoms with Crippen molar-refractivity contribution in [2.75, 3.05) is 33.7 Å². The predicted octanol–water partition coefficient (Wildman–Crippen LogP) is 2.69. The highest BCUT2D eigenvalue weighted by molar-refractivity contribution is 7.90. The highest BCUT2D eigenvalue weighted by Gasteiger charge is 2.12. The smallest absolute Gasteiger partial charge is 0.338 e. The first-order chi connectivity index (χ1) is 12.3. The van der Waals surface area contributed by atoms with E-state index in [0.717, 1.165) is 6.26 Å². The minimum absolute atomic E-state index is 0.191. The SMILES string of the molecule is COCCOc1cc(Oc2ccc(S(C)(=O)=O)cc2)cc(C(=O)OC)c1. The lowest BCUT2D eigenvalue weighted by Crippen LogP contribution is -2.06. The van der Waals surface area contributed by atoms with Gasteiger partial charge in [-0.1, -0.05) is 0 Å². The molecule has 0 heterocycles. The van der Waals surface area contributed by atoms with Crippen molar-refractivity contribution in [1.29, 1.82) is 0 Å². The summed E-state index contributed by atoms with van der Waals surface area (Å²) in [4.78, 5) is 12.0. The van der Waals surface area contributed by atoms with Crippen LogP contribution in [0.5, 0.6) is 17.2 Å². The van der Waals surface area contributed by atoms with E-state index in [1.165, 1.54) is 37.4 Å². The molecule has 0 saturated carbocycles. The molecule has 2 rings (SSSR count). The maximum atomic E-state index is 11.8. The molecule has 0 bridgehead atoms. The van der Waals surface area contributed by atoms with Crippen LogP contribution >= 0.6 is 0 Å². The molecule has 0 atom stereocenters. The number of rotatable bonds is 8. The van der Waals surface area contributed by atoms with Gasteiger partial charge in [-0.3, -0.25) is 0 Å². The maximum absolute atomic E-state index is 11.8. The summed E-state index contributed by atoms with van der Waals surface area (Å²) in [6.45, 7) is 0.704. The van der Waals surface area contributed by atoms with Crippen molar-refractivity contribution in [1.82, 2.24) is 0 Å². The molecule has 2 aromatic rings. The Morgan fingerprint density at radius 2 is 1.58 bits per heavy atom. The Hall–Kier alpha value is -2.58. The van der Waals surface area contributed by atoms with Crippen molar-refractivity contribution >= 4 is 15.8 Å². The molecule has 26 heavy (non-hydrogen) atoms. The third-order valence-corrected chi connectivity index (χ3v) is 4.47. The Labute approximate surface area is 152 Å². The van der Waals surface area contributed by atoms with Crippen molar-refractivity contribution < 1.29 is 32.2 Å². The van der Waals surface area contributed by atoms with Gasteiger partial charge in [-0.25, -0.2) is 13.2 Å². The molecule has 0 radical (unpaired) electrons. The Kier molecular flexibility index (Phi) is 6.59. The molecule has 0 fully saturated rings. The van der Waals surface area contributed by atoms with Gasteiger partial charge in [0.2, 0.25) is 0 Å². The molecule has 2 aromatic carbocycles. The molecule has 0 aromatic heterocycles. The third kappa shape index (κ3) is 5.47. The van der Waals surface area contributed by atoms with Crippen molar-refractivity contribution in [3.8, 4) is 17.2 Å². The molecular weight excluding hydrogens is 360 g/mol. The Morgan fingerprint density at radius 1 is 0.923 bits per heavy atom. The highest BCUT2D eigenvalue weighted by atomic mass is 32.2. The lowest BCUT2D eigenvalue weighted by atomic mass is 10.2. The van der Waals surface area contributed by atoms with E-state index in [9.17, 15) is 13.2 Å². The minimum atomic E-state index is -3.28. The van der Waals surface area contributed by atoms with Crippen molar-refractivity contribution in [3.63, 3.8) is 0 Å². The van der Waals surface area contributed by atoms with Crippen molar-refractivity contribution in [2.24, 2.45) is 0 Å². The fourth-order valence-corrected chi connectivity index (χ4v) is 2.71. The molecule has 0 aliphatic carbocycles. The summed E-state index contributed by atoms with van der Waals surface area (Å²) in [6.07, 6.45) is 1.13. The number of hydrogen-bond donors (Lipinski definition) is 0. The van der Waals surface area contributed by atoms with Crippen LogP contribution in [0, 0.1) is 0 Å². The second kappa shape index (κ2) is 8.68. The zero-order chi connectivity index (χ0) is 19.2. The predicted molar refractivity (Wildman–Crippen MR) is 94.8 cm³/mol. The van der Waals surface area contributed by atoms with Gasteiger partial charge in [0.15, 0.2) is 9.84 Å². The molecule has 0 N–H and O–H groups in total. The van der Waals surface area contributed by atoms with Gasteiger partial charge >= 0.3 is 5.97 Å². The third-order valence-electron chi connectivity index (χ3n) is 3.34. The number of carbonyl (C=O) groups is 1. The number of ether oxygens (including phenoxy) is 4. The molecule has 7 nitrogen and oxygen atoms in total. The van der Waals surface area contributed by atoms with Crippen LogP contribution in [-0.2, 0) is 19.3 Å². The summed E-state index contributed by atoms with van der Waals surface area (Å²) in [7, 11) is -0.440. The molecule has 8 heteroatoms. The fraction of sp³-hybridized carbons (Fsp3) is 0.278. The zero-order valence-electron chi connectivity index (χ0n) is 14.7. The van der Waals surface area contributed by atoms with Crippen LogP contribution in [0.3, 0.4) is 0 Å². The normalized spacial score (nSPS) is 11.0. The Bertz CT molecular complexity index is 858. The van der Waals surface area contributed by atoms with Gasteiger partial charge in [-0.05, 0) is 36.4 Å². The first kappa shape index (κ1) is 19.7. The van der Waals surface area contributed by atoms with Crippen LogP contribution in [0.2, 0.25) is 0 Å². The van der Waals surface area contributed by atoms with E-state index < -0.39 is 15.8 Å². The van der Waals surface area contributed by atoms with E-state index in [2.05, 4.69) is 0 Å². The Morgan fingerprint density at radius 3 is 2.15 bits per heavy atom. The van der Waals surface area contributed by atoms with E-state index in [0.29, 0.717) is 30.5 Å². The summed E-state index contributed by atoms with van der Waals surface area (Å²) >= 11 is 0. The molecular formula is C18H20O7S. The number of methoxy groups -OCH3 is 2. The summed E-state index contributed by atoms with van der Waals surface area (Å²) in [6, 6.07) is 10.6. The number of carbonyl (C=O) groups excluding carboxylic acids is 1. The average Bonchev–Trinajstić information content (AvgIpc) is 2.61. The highest BCUT2D eigenvalue weighted by Crippen LogP contribution is 2.28. The van der Waals surface area contributed by atoms with Crippen molar-refractivity contribution in [3.05, 3.63) is 48.0 Å². The quantitative estimate of drug-likeness (QED) is 0.514. The molecule has 0 aliphatic rings. The second-order valence-corrected chi connectivity index (χ2v) is 7.39. The summed E-state index contributed by atoms with van der Waals surface area (Å²) in [5.41, 5.74) is 0.269. The molecule has 0 aliphatic heterocycles. The van der Waals surface area contributed by atoms with Crippen molar-refractivity contribution in [2.45, 2.75) is 4.90 Å². The first-order valence-electron chi connectivity index (χ1n) is 7.66. The topological polar surface area (TPSA) is 88.1 Å². The van der Waals surface area contributed by atoms with Crippen LogP contribution in [-0.4, -0.2) is 48.1 Å². The van der Waals surface area contributed by atoms with E-state index in [1.807, 2.05) is 0 Å². The van der Waals surface area contributed by atoms with Gasteiger partial charge in [-0.2, -0.15) is 0 Å². The van der Waals surface area contributed by atoms with Gasteiger partial charge in [0.05, 0.1) is 24.2 Å². The van der Waals surface area contributed by atoms with Gasteiger partial charge in [-0.15, -0.1) is 0 Å². The van der Waals surface area contributed by atoms with E-state index in [4.69, 9.17) is 18.9 Å². The largest absolute Gasteiger partial charge is 0.491 e. The number of esters is 1. The van der Waals surface area contributed by atoms with Crippen LogP contribution in [0.25, 0.3) is 0 Å². The number of sulfone groups is 1. The molecule has 0 amide bonds. The van der Waals surface area contributed by atoms with Gasteiger partial charge in [0, 0.05) is 19.4 Å². The number of benzene rings is 2.